The van der Waals surface area contributed by atoms with Gasteiger partial charge in [0.25, 0.3) is 6.08 Å². The summed E-state index contributed by atoms with van der Waals surface area (Å²) in [5, 5.41) is 0. The number of nitrogens with zero attached hydrogens (tertiary/aromatic N) is 2. The minimum Gasteiger partial charge on any atom is -0.245 e. The molecule has 0 aliphatic heterocycles. The summed E-state index contributed by atoms with van der Waals surface area (Å²) >= 11 is 0. The summed E-state index contributed by atoms with van der Waals surface area (Å²) in [5.74, 6) is -0.705. The first-order valence-electron chi connectivity index (χ1n) is 3.73. The van der Waals surface area contributed by atoms with Crippen molar-refractivity contribution in [1.82, 2.24) is 9.55 Å². The van der Waals surface area contributed by atoms with Crippen LogP contribution in [0.5, 0.6) is 0 Å². The van der Waals surface area contributed by atoms with Gasteiger partial charge in [-0.05, 0) is 12.1 Å². The largest absolute Gasteiger partial charge is 0.296 e. The average Bonchev–Trinajstić information content (AvgIpc) is 2.48. The molecule has 66 valence electrons. The number of hydrogen-bond donors (Lipinski definition) is 0. The van der Waals surface area contributed by atoms with E-state index in [2.05, 4.69) is 4.98 Å². The molecule has 4 heteroatoms. The van der Waals surface area contributed by atoms with E-state index in [0.29, 0.717) is 5.69 Å². The minimum absolute atomic E-state index is 0.426. The number of rotatable bonds is 1. The number of benzene rings is 1. The fraction of sp³-hybridized carbons (Fsp3) is 0. The van der Waals surface area contributed by atoms with Crippen molar-refractivity contribution in [2.75, 3.05) is 0 Å². The lowest BCUT2D eigenvalue weighted by atomic mass is 10.3. The van der Waals surface area contributed by atoms with Crippen LogP contribution in [0.3, 0.4) is 0 Å². The summed E-state index contributed by atoms with van der Waals surface area (Å²) in [6.45, 7) is 0. The van der Waals surface area contributed by atoms with Gasteiger partial charge in [0.15, 0.2) is 0 Å². The van der Waals surface area contributed by atoms with Crippen LogP contribution in [-0.4, -0.2) is 9.55 Å². The molecule has 0 unspecified atom stereocenters. The number of imidazole rings is 1. The molecule has 0 N–H and O–H groups in total. The molecule has 0 aliphatic rings. The molecule has 1 heterocycles. The van der Waals surface area contributed by atoms with Crippen molar-refractivity contribution in [3.05, 3.63) is 48.6 Å². The first kappa shape index (κ1) is 7.91. The topological polar surface area (TPSA) is 17.8 Å². The molecule has 2 rings (SSSR count). The third-order valence-electron chi connectivity index (χ3n) is 1.69. The molecule has 0 saturated carbocycles. The Bertz CT molecular complexity index is 389. The van der Waals surface area contributed by atoms with Crippen molar-refractivity contribution in [3.8, 4) is 5.69 Å². The van der Waals surface area contributed by atoms with E-state index in [1.54, 1.807) is 30.3 Å². The Morgan fingerprint density at radius 1 is 1.08 bits per heavy atom. The van der Waals surface area contributed by atoms with E-state index in [1.165, 1.54) is 0 Å². The maximum Gasteiger partial charge on any atom is 0.296 e. The van der Waals surface area contributed by atoms with Crippen molar-refractivity contribution in [1.29, 1.82) is 0 Å². The monoisotopic (exact) mass is 180 g/mol. The van der Waals surface area contributed by atoms with E-state index >= 15 is 0 Å². The number of hydrogen-bond acceptors (Lipinski definition) is 1. The molecular weight excluding hydrogens is 174 g/mol. The molecule has 1 aromatic heterocycles. The highest BCUT2D eigenvalue weighted by atomic mass is 19.1. The minimum atomic E-state index is -0.844. The van der Waals surface area contributed by atoms with E-state index in [9.17, 15) is 8.78 Å². The van der Waals surface area contributed by atoms with Crippen LogP contribution < -0.4 is 0 Å². The maximum absolute atomic E-state index is 13.0. The van der Waals surface area contributed by atoms with Crippen LogP contribution in [0.1, 0.15) is 0 Å². The smallest absolute Gasteiger partial charge is 0.245 e. The quantitative estimate of drug-likeness (QED) is 0.657. The van der Waals surface area contributed by atoms with Crippen molar-refractivity contribution in [2.24, 2.45) is 0 Å². The zero-order valence-electron chi connectivity index (χ0n) is 6.61. The van der Waals surface area contributed by atoms with Gasteiger partial charge in [-0.2, -0.15) is 8.78 Å². The fourth-order valence-corrected chi connectivity index (χ4v) is 1.12. The summed E-state index contributed by atoms with van der Waals surface area (Å²) < 4.78 is 26.7. The molecule has 0 fully saturated rings. The molecule has 0 spiro atoms. The zero-order chi connectivity index (χ0) is 9.26. The van der Waals surface area contributed by atoms with Crippen LogP contribution in [0, 0.1) is 12.0 Å². The molecular formula is C9H6F2N2. The second-order valence-corrected chi connectivity index (χ2v) is 2.52. The summed E-state index contributed by atoms with van der Waals surface area (Å²) in [7, 11) is 0. The predicted molar refractivity (Wildman–Crippen MR) is 43.5 cm³/mol. The molecule has 0 bridgehead atoms. The summed E-state index contributed by atoms with van der Waals surface area (Å²) in [4.78, 5) is 3.21. The average molecular weight is 180 g/mol. The lowest BCUT2D eigenvalue weighted by Gasteiger charge is -2.01. The number of para-hydroxylation sites is 1. The number of halogens is 2. The standard InChI is InChI=1S/C9H6F2N2/c10-8-6-12-9(11)13(8)7-4-2-1-3-5-7/h1-6H. The van der Waals surface area contributed by atoms with Crippen molar-refractivity contribution in [2.45, 2.75) is 0 Å². The van der Waals surface area contributed by atoms with E-state index in [-0.39, 0.29) is 0 Å². The van der Waals surface area contributed by atoms with Gasteiger partial charge in [0.2, 0.25) is 5.95 Å². The van der Waals surface area contributed by atoms with Crippen molar-refractivity contribution < 1.29 is 8.78 Å². The second kappa shape index (κ2) is 2.97. The molecule has 1 aromatic carbocycles. The van der Waals surface area contributed by atoms with Gasteiger partial charge >= 0.3 is 0 Å². The Morgan fingerprint density at radius 3 is 2.31 bits per heavy atom. The Morgan fingerprint density at radius 2 is 1.77 bits per heavy atom. The molecule has 2 nitrogen and oxygen atoms in total. The lowest BCUT2D eigenvalue weighted by molar-refractivity contribution is 0.476. The van der Waals surface area contributed by atoms with Crippen LogP contribution >= 0.6 is 0 Å². The predicted octanol–water partition coefficient (Wildman–Crippen LogP) is 2.15. The van der Waals surface area contributed by atoms with E-state index < -0.39 is 12.0 Å². The first-order chi connectivity index (χ1) is 6.29. The van der Waals surface area contributed by atoms with E-state index in [0.717, 1.165) is 10.8 Å². The molecule has 0 saturated heterocycles. The van der Waals surface area contributed by atoms with Gasteiger partial charge in [-0.3, -0.25) is 0 Å². The normalized spacial score (nSPS) is 10.3. The van der Waals surface area contributed by atoms with Crippen molar-refractivity contribution >= 4 is 0 Å². The Labute approximate surface area is 73.5 Å². The van der Waals surface area contributed by atoms with Crippen molar-refractivity contribution in [3.63, 3.8) is 0 Å². The third-order valence-corrected chi connectivity index (χ3v) is 1.69. The van der Waals surface area contributed by atoms with Gasteiger partial charge in [-0.15, -0.1) is 0 Å². The van der Waals surface area contributed by atoms with Crippen LogP contribution in [0.15, 0.2) is 36.5 Å². The highest BCUT2D eigenvalue weighted by molar-refractivity contribution is 5.31. The number of aromatic nitrogens is 2. The summed E-state index contributed by atoms with van der Waals surface area (Å²) in [6, 6.07) is 8.39. The van der Waals surface area contributed by atoms with Crippen LogP contribution in [0.2, 0.25) is 0 Å². The van der Waals surface area contributed by atoms with Gasteiger partial charge in [0.1, 0.15) is 0 Å². The summed E-state index contributed by atoms with van der Waals surface area (Å²) in [5.41, 5.74) is 0.426. The molecule has 2 aromatic rings. The Hall–Kier alpha value is -1.71. The molecule has 0 radical (unpaired) electrons. The highest BCUT2D eigenvalue weighted by Crippen LogP contribution is 2.11. The molecule has 13 heavy (non-hydrogen) atoms. The van der Waals surface area contributed by atoms with Gasteiger partial charge in [-0.1, -0.05) is 18.2 Å². The Balaban J connectivity index is 2.59. The first-order valence-corrected chi connectivity index (χ1v) is 3.73. The van der Waals surface area contributed by atoms with Crippen LogP contribution in [0.4, 0.5) is 8.78 Å². The van der Waals surface area contributed by atoms with Gasteiger partial charge in [-0.25, -0.2) is 9.55 Å². The highest BCUT2D eigenvalue weighted by Gasteiger charge is 2.09. The second-order valence-electron chi connectivity index (χ2n) is 2.52. The van der Waals surface area contributed by atoms with E-state index in [4.69, 9.17) is 0 Å². The molecule has 0 amide bonds. The zero-order valence-corrected chi connectivity index (χ0v) is 6.61. The van der Waals surface area contributed by atoms with Gasteiger partial charge < -0.3 is 0 Å². The summed E-state index contributed by atoms with van der Waals surface area (Å²) in [6.07, 6.45) is 0.00574. The van der Waals surface area contributed by atoms with Gasteiger partial charge in [0, 0.05) is 0 Å². The molecule has 0 atom stereocenters. The maximum atomic E-state index is 13.0. The third kappa shape index (κ3) is 1.30. The van der Waals surface area contributed by atoms with Crippen LogP contribution in [-0.2, 0) is 0 Å². The Kier molecular flexibility index (Phi) is 1.81. The molecule has 0 aliphatic carbocycles. The van der Waals surface area contributed by atoms with Gasteiger partial charge in [0.05, 0.1) is 11.9 Å². The SMILES string of the molecule is Fc1cnc(F)n1-c1ccccc1. The lowest BCUT2D eigenvalue weighted by Crippen LogP contribution is -1.99. The van der Waals surface area contributed by atoms with Crippen LogP contribution in [0.25, 0.3) is 5.69 Å². The fourth-order valence-electron chi connectivity index (χ4n) is 1.12. The van der Waals surface area contributed by atoms with E-state index in [1.807, 2.05) is 0 Å².